The molecule has 6 heteroatoms. The van der Waals surface area contributed by atoms with Gasteiger partial charge in [-0.25, -0.2) is 4.79 Å². The summed E-state index contributed by atoms with van der Waals surface area (Å²) in [5.74, 6) is -0.419. The molecule has 15 heavy (non-hydrogen) atoms. The van der Waals surface area contributed by atoms with E-state index in [1.54, 1.807) is 0 Å². The molecule has 1 N–H and O–H groups in total. The topological polar surface area (TPSA) is 65.0 Å². The van der Waals surface area contributed by atoms with Crippen LogP contribution in [0.5, 0.6) is 17.2 Å². The van der Waals surface area contributed by atoms with Crippen LogP contribution in [0.2, 0.25) is 5.02 Å². The van der Waals surface area contributed by atoms with Crippen LogP contribution in [0.3, 0.4) is 0 Å². The zero-order chi connectivity index (χ0) is 11.0. The number of benzene rings is 1. The van der Waals surface area contributed by atoms with Crippen molar-refractivity contribution in [1.29, 1.82) is 0 Å². The van der Waals surface area contributed by atoms with Crippen molar-refractivity contribution in [3.8, 4) is 17.2 Å². The molecule has 1 aliphatic rings. The lowest BCUT2D eigenvalue weighted by Crippen LogP contribution is -2.01. The number of ether oxygens (including phenoxy) is 3. The van der Waals surface area contributed by atoms with E-state index in [4.69, 9.17) is 30.9 Å². The Kier molecular flexibility index (Phi) is 2.32. The van der Waals surface area contributed by atoms with Crippen LogP contribution in [0.25, 0.3) is 0 Å². The zero-order valence-corrected chi connectivity index (χ0v) is 8.50. The van der Waals surface area contributed by atoms with E-state index in [2.05, 4.69) is 0 Å². The molecule has 5 nitrogen and oxygen atoms in total. The molecule has 0 fully saturated rings. The fourth-order valence-electron chi connectivity index (χ4n) is 1.34. The lowest BCUT2D eigenvalue weighted by molar-refractivity contribution is 0.0693. The van der Waals surface area contributed by atoms with E-state index in [0.29, 0.717) is 11.5 Å². The highest BCUT2D eigenvalue weighted by Gasteiger charge is 2.26. The van der Waals surface area contributed by atoms with Crippen LogP contribution in [0.15, 0.2) is 6.07 Å². The SMILES string of the molecule is COc1c(C(=O)O)cc2c(c1Cl)OCO2. The minimum absolute atomic E-state index is 0.0290. The molecule has 1 aromatic rings. The standard InChI is InChI=1S/C9H7ClO5/c1-13-7-4(9(11)12)2-5-8(6(7)10)15-3-14-5/h2H,3H2,1H3,(H,11,12). The van der Waals surface area contributed by atoms with Gasteiger partial charge in [-0.05, 0) is 0 Å². The van der Waals surface area contributed by atoms with Gasteiger partial charge in [0.2, 0.25) is 6.79 Å². The van der Waals surface area contributed by atoms with E-state index >= 15 is 0 Å². The molecule has 80 valence electrons. The van der Waals surface area contributed by atoms with Gasteiger partial charge in [0.25, 0.3) is 0 Å². The van der Waals surface area contributed by atoms with Gasteiger partial charge in [0, 0.05) is 6.07 Å². The van der Waals surface area contributed by atoms with Gasteiger partial charge in [0.1, 0.15) is 10.6 Å². The molecular formula is C9H7ClO5. The summed E-state index contributed by atoms with van der Waals surface area (Å²) in [5.41, 5.74) is -0.0493. The van der Waals surface area contributed by atoms with Gasteiger partial charge in [0.15, 0.2) is 17.2 Å². The third kappa shape index (κ3) is 1.45. The molecule has 0 aromatic heterocycles. The van der Waals surface area contributed by atoms with Gasteiger partial charge >= 0.3 is 5.97 Å². The summed E-state index contributed by atoms with van der Waals surface area (Å²) in [6, 6.07) is 1.33. The predicted octanol–water partition coefficient (Wildman–Crippen LogP) is 1.78. The van der Waals surface area contributed by atoms with Gasteiger partial charge < -0.3 is 19.3 Å². The van der Waals surface area contributed by atoms with Crippen molar-refractivity contribution in [3.05, 3.63) is 16.7 Å². The molecule has 0 saturated heterocycles. The number of carboxylic acid groups (broad SMARTS) is 1. The highest BCUT2D eigenvalue weighted by Crippen LogP contribution is 2.46. The Morgan fingerprint density at radius 3 is 2.93 bits per heavy atom. The fraction of sp³-hybridized carbons (Fsp3) is 0.222. The lowest BCUT2D eigenvalue weighted by atomic mass is 10.1. The van der Waals surface area contributed by atoms with Crippen LogP contribution in [0.4, 0.5) is 0 Å². The molecule has 0 amide bonds. The summed E-state index contributed by atoms with van der Waals surface area (Å²) in [7, 11) is 1.34. The van der Waals surface area contributed by atoms with E-state index in [0.717, 1.165) is 0 Å². The van der Waals surface area contributed by atoms with Gasteiger partial charge in [-0.15, -0.1) is 0 Å². The fourth-order valence-corrected chi connectivity index (χ4v) is 1.67. The maximum atomic E-state index is 10.9. The van der Waals surface area contributed by atoms with E-state index in [9.17, 15) is 4.79 Å². The molecule has 1 aromatic carbocycles. The largest absolute Gasteiger partial charge is 0.494 e. The second-order valence-corrected chi connectivity index (χ2v) is 3.19. The highest BCUT2D eigenvalue weighted by molar-refractivity contribution is 6.34. The number of hydrogen-bond donors (Lipinski definition) is 1. The number of fused-ring (bicyclic) bond motifs is 1. The molecule has 1 aliphatic heterocycles. The van der Waals surface area contributed by atoms with E-state index in [1.165, 1.54) is 13.2 Å². The van der Waals surface area contributed by atoms with E-state index in [1.807, 2.05) is 0 Å². The van der Waals surface area contributed by atoms with Crippen molar-refractivity contribution < 1.29 is 24.1 Å². The third-order valence-electron chi connectivity index (χ3n) is 1.99. The second kappa shape index (κ2) is 3.51. The van der Waals surface area contributed by atoms with Crippen LogP contribution >= 0.6 is 11.6 Å². The molecule has 0 aliphatic carbocycles. The molecule has 0 spiro atoms. The van der Waals surface area contributed by atoms with Crippen molar-refractivity contribution >= 4 is 17.6 Å². The predicted molar refractivity (Wildman–Crippen MR) is 51.1 cm³/mol. The number of carbonyl (C=O) groups is 1. The van der Waals surface area contributed by atoms with Crippen molar-refractivity contribution in [2.75, 3.05) is 13.9 Å². The minimum Gasteiger partial charge on any atom is -0.494 e. The van der Waals surface area contributed by atoms with Gasteiger partial charge in [0.05, 0.1) is 7.11 Å². The smallest absolute Gasteiger partial charge is 0.339 e. The summed E-state index contributed by atoms with van der Waals surface area (Å²) in [6.45, 7) is 0.0290. The normalized spacial score (nSPS) is 12.7. The lowest BCUT2D eigenvalue weighted by Gasteiger charge is -2.08. The average Bonchev–Trinajstić information content (AvgIpc) is 2.65. The van der Waals surface area contributed by atoms with Crippen molar-refractivity contribution in [1.82, 2.24) is 0 Å². The van der Waals surface area contributed by atoms with E-state index in [-0.39, 0.29) is 23.1 Å². The van der Waals surface area contributed by atoms with Crippen molar-refractivity contribution in [3.63, 3.8) is 0 Å². The first-order valence-corrected chi connectivity index (χ1v) is 4.42. The number of aromatic carboxylic acids is 1. The first-order chi connectivity index (χ1) is 7.15. The Labute approximate surface area is 90.1 Å². The van der Waals surface area contributed by atoms with Crippen molar-refractivity contribution in [2.24, 2.45) is 0 Å². The molecular weight excluding hydrogens is 224 g/mol. The molecule has 0 radical (unpaired) electrons. The first-order valence-electron chi connectivity index (χ1n) is 4.04. The van der Waals surface area contributed by atoms with E-state index < -0.39 is 5.97 Å². The number of hydrogen-bond acceptors (Lipinski definition) is 4. The number of carboxylic acids is 1. The average molecular weight is 231 g/mol. The Bertz CT molecular complexity index is 429. The summed E-state index contributed by atoms with van der Waals surface area (Å²) < 4.78 is 15.0. The van der Waals surface area contributed by atoms with Crippen molar-refractivity contribution in [2.45, 2.75) is 0 Å². The maximum absolute atomic E-state index is 10.9. The Morgan fingerprint density at radius 2 is 2.33 bits per heavy atom. The molecule has 0 bridgehead atoms. The number of methoxy groups -OCH3 is 1. The highest BCUT2D eigenvalue weighted by atomic mass is 35.5. The van der Waals surface area contributed by atoms with Crippen LogP contribution in [0.1, 0.15) is 10.4 Å². The molecule has 0 atom stereocenters. The number of rotatable bonds is 2. The summed E-state index contributed by atoms with van der Waals surface area (Å²) in [5, 5.41) is 9.03. The van der Waals surface area contributed by atoms with Crippen LogP contribution < -0.4 is 14.2 Å². The van der Waals surface area contributed by atoms with Crippen LogP contribution in [-0.4, -0.2) is 25.0 Å². The Balaban J connectivity index is 2.66. The molecule has 1 heterocycles. The molecule has 2 rings (SSSR count). The molecule has 0 unspecified atom stereocenters. The summed E-state index contributed by atoms with van der Waals surface area (Å²) in [4.78, 5) is 10.9. The minimum atomic E-state index is -1.13. The van der Waals surface area contributed by atoms with Gasteiger partial charge in [-0.1, -0.05) is 11.6 Å². The Morgan fingerprint density at radius 1 is 1.60 bits per heavy atom. The summed E-state index contributed by atoms with van der Waals surface area (Å²) >= 11 is 5.91. The first kappa shape index (κ1) is 9.92. The second-order valence-electron chi connectivity index (χ2n) is 2.81. The maximum Gasteiger partial charge on any atom is 0.339 e. The summed E-state index contributed by atoms with van der Waals surface area (Å²) in [6.07, 6.45) is 0. The number of halogens is 1. The Hall–Kier alpha value is -1.62. The van der Waals surface area contributed by atoms with Gasteiger partial charge in [-0.3, -0.25) is 0 Å². The van der Waals surface area contributed by atoms with Crippen LogP contribution in [-0.2, 0) is 0 Å². The third-order valence-corrected chi connectivity index (χ3v) is 2.34. The zero-order valence-electron chi connectivity index (χ0n) is 7.74. The quantitative estimate of drug-likeness (QED) is 0.839. The monoisotopic (exact) mass is 230 g/mol. The molecule has 0 saturated carbocycles. The van der Waals surface area contributed by atoms with Crippen LogP contribution in [0, 0.1) is 0 Å². The van der Waals surface area contributed by atoms with Gasteiger partial charge in [-0.2, -0.15) is 0 Å².